The predicted octanol–water partition coefficient (Wildman–Crippen LogP) is 1.29. The van der Waals surface area contributed by atoms with Crippen LogP contribution in [0.3, 0.4) is 0 Å². The zero-order valence-corrected chi connectivity index (χ0v) is 11.2. The summed E-state index contributed by atoms with van der Waals surface area (Å²) in [6.45, 7) is 4.26. The average Bonchev–Trinajstić information content (AvgIpc) is 2.78. The highest BCUT2D eigenvalue weighted by Crippen LogP contribution is 2.61. The van der Waals surface area contributed by atoms with Crippen LogP contribution in [0.25, 0.3) is 0 Å². The molecule has 2 rings (SSSR count). The lowest BCUT2D eigenvalue weighted by Crippen LogP contribution is -2.20. The van der Waals surface area contributed by atoms with Gasteiger partial charge in [-0.1, -0.05) is 13.8 Å². The van der Waals surface area contributed by atoms with Crippen LogP contribution in [0.4, 0.5) is 0 Å². The van der Waals surface area contributed by atoms with Crippen molar-refractivity contribution < 1.29 is 20.1 Å². The van der Waals surface area contributed by atoms with Gasteiger partial charge >= 0.3 is 5.97 Å². The van der Waals surface area contributed by atoms with Crippen LogP contribution in [0, 0.1) is 0 Å². The monoisotopic (exact) mass is 268 g/mol. The number of aromatic nitrogens is 1. The van der Waals surface area contributed by atoms with Crippen LogP contribution in [0.5, 0.6) is 11.8 Å². The number of carboxylic acid groups (broad SMARTS) is 1. The smallest absolute Gasteiger partial charge is 0.326 e. The van der Waals surface area contributed by atoms with E-state index in [0.717, 1.165) is 11.0 Å². The second kappa shape index (κ2) is 4.45. The van der Waals surface area contributed by atoms with Gasteiger partial charge in [-0.3, -0.25) is 4.57 Å². The predicted molar refractivity (Wildman–Crippen MR) is 69.5 cm³/mol. The first-order chi connectivity index (χ1) is 8.84. The lowest BCUT2D eigenvalue weighted by Gasteiger charge is -2.19. The van der Waals surface area contributed by atoms with Crippen molar-refractivity contribution in [2.45, 2.75) is 44.6 Å². The highest BCUT2D eigenvalue weighted by atomic mass is 16.4. The van der Waals surface area contributed by atoms with Crippen LogP contribution in [0.15, 0.2) is 0 Å². The molecule has 1 aromatic rings. The highest BCUT2D eigenvalue weighted by Gasteiger charge is 2.53. The number of nitrogens with zero attached hydrogens (tertiary/aromatic N) is 1. The Balaban J connectivity index is 2.28. The molecule has 0 saturated heterocycles. The van der Waals surface area contributed by atoms with Crippen molar-refractivity contribution in [2.75, 3.05) is 6.54 Å². The van der Waals surface area contributed by atoms with Crippen molar-refractivity contribution in [3.63, 3.8) is 0 Å². The normalized spacial score (nSPS) is 17.0. The van der Waals surface area contributed by atoms with Crippen LogP contribution in [0.2, 0.25) is 0 Å². The molecule has 0 saturated carbocycles. The minimum atomic E-state index is -1.06. The fourth-order valence-electron chi connectivity index (χ4n) is 2.73. The van der Waals surface area contributed by atoms with Crippen LogP contribution in [-0.4, -0.2) is 32.4 Å². The molecule has 6 heteroatoms. The van der Waals surface area contributed by atoms with Gasteiger partial charge in [-0.2, -0.15) is 0 Å². The summed E-state index contributed by atoms with van der Waals surface area (Å²) in [5.74, 6) is -1.31. The summed E-state index contributed by atoms with van der Waals surface area (Å²) < 4.78 is 1.12. The molecule has 0 bridgehead atoms. The van der Waals surface area contributed by atoms with Gasteiger partial charge in [0.1, 0.15) is 6.04 Å². The molecule has 106 valence electrons. The molecule has 1 aliphatic carbocycles. The zero-order valence-electron chi connectivity index (χ0n) is 11.2. The van der Waals surface area contributed by atoms with Crippen LogP contribution in [-0.2, 0) is 10.2 Å². The van der Waals surface area contributed by atoms with Crippen molar-refractivity contribution in [1.29, 1.82) is 0 Å². The van der Waals surface area contributed by atoms with E-state index < -0.39 is 12.0 Å². The van der Waals surface area contributed by atoms with Gasteiger partial charge in [0.05, 0.1) is 0 Å². The average molecular weight is 268 g/mol. The molecular formula is C13H20N2O4. The maximum Gasteiger partial charge on any atom is 0.326 e. The first kappa shape index (κ1) is 13.7. The Labute approximate surface area is 111 Å². The Morgan fingerprint density at radius 3 is 2.21 bits per heavy atom. The van der Waals surface area contributed by atoms with Gasteiger partial charge < -0.3 is 21.1 Å². The third-order valence-corrected chi connectivity index (χ3v) is 3.87. The summed E-state index contributed by atoms with van der Waals surface area (Å²) in [4.78, 5) is 11.3. The van der Waals surface area contributed by atoms with E-state index in [2.05, 4.69) is 0 Å². The van der Waals surface area contributed by atoms with E-state index in [1.54, 1.807) is 0 Å². The maximum absolute atomic E-state index is 11.3. The number of aromatic hydroxyl groups is 2. The van der Waals surface area contributed by atoms with Crippen molar-refractivity contribution in [1.82, 2.24) is 4.57 Å². The van der Waals surface area contributed by atoms with E-state index in [1.165, 1.54) is 0 Å². The third kappa shape index (κ3) is 1.96. The topological polar surface area (TPSA) is 109 Å². The van der Waals surface area contributed by atoms with Crippen LogP contribution < -0.4 is 5.73 Å². The summed E-state index contributed by atoms with van der Waals surface area (Å²) in [6.07, 6.45) is 1.69. The summed E-state index contributed by atoms with van der Waals surface area (Å²) in [6, 6.07) is -0.949. The van der Waals surface area contributed by atoms with Gasteiger partial charge in [-0.25, -0.2) is 4.79 Å². The SMILES string of the molecule is CC1(C)c2c1c(O)n([C@@H](CCCCN)C(=O)O)c2O. The molecule has 0 radical (unpaired) electrons. The number of carboxylic acids is 1. The van der Waals surface area contributed by atoms with E-state index in [1.807, 2.05) is 13.8 Å². The van der Waals surface area contributed by atoms with Gasteiger partial charge in [-0.15, -0.1) is 0 Å². The fraction of sp³-hybridized carbons (Fsp3) is 0.615. The van der Waals surface area contributed by atoms with Gasteiger partial charge in [-0.05, 0) is 25.8 Å². The summed E-state index contributed by atoms with van der Waals surface area (Å²) in [7, 11) is 0. The van der Waals surface area contributed by atoms with Crippen LogP contribution >= 0.6 is 0 Å². The molecule has 0 spiro atoms. The first-order valence-electron chi connectivity index (χ1n) is 6.44. The number of carbonyl (C=O) groups is 1. The van der Waals surface area contributed by atoms with E-state index in [9.17, 15) is 20.1 Å². The maximum atomic E-state index is 11.3. The number of aliphatic carboxylic acids is 1. The molecule has 1 aliphatic rings. The molecule has 1 atom stereocenters. The quantitative estimate of drug-likeness (QED) is 0.581. The number of rotatable bonds is 6. The molecule has 0 fully saturated rings. The number of hydrogen-bond donors (Lipinski definition) is 4. The molecule has 1 heterocycles. The minimum absolute atomic E-state index is 0.127. The van der Waals surface area contributed by atoms with Crippen molar-refractivity contribution >= 4 is 5.97 Å². The van der Waals surface area contributed by atoms with E-state index in [4.69, 9.17) is 5.73 Å². The van der Waals surface area contributed by atoms with E-state index >= 15 is 0 Å². The molecule has 5 N–H and O–H groups in total. The number of nitrogens with two attached hydrogens (primary N) is 1. The summed E-state index contributed by atoms with van der Waals surface area (Å²) in [5.41, 5.74) is 6.34. The van der Waals surface area contributed by atoms with Gasteiger partial charge in [0, 0.05) is 16.5 Å². The van der Waals surface area contributed by atoms with E-state index in [0.29, 0.717) is 30.5 Å². The number of fused-ring (bicyclic) bond motifs is 1. The second-order valence-corrected chi connectivity index (χ2v) is 5.53. The Morgan fingerprint density at radius 2 is 1.79 bits per heavy atom. The van der Waals surface area contributed by atoms with Crippen LogP contribution in [0.1, 0.15) is 50.3 Å². The lowest BCUT2D eigenvalue weighted by atomic mass is 10.1. The molecule has 1 aromatic heterocycles. The Bertz CT molecular complexity index is 490. The lowest BCUT2D eigenvalue weighted by molar-refractivity contribution is -0.141. The molecule has 0 aliphatic heterocycles. The van der Waals surface area contributed by atoms with Crippen molar-refractivity contribution in [2.24, 2.45) is 5.73 Å². The standard InChI is InChI=1S/C13H20N2O4/c1-13(2)8-9(13)11(17)15(10(8)16)7(12(18)19)5-3-4-6-14/h7,16-17H,3-6,14H2,1-2H3,(H,18,19)/t7-/m0/s1. The van der Waals surface area contributed by atoms with Gasteiger partial charge in [0.2, 0.25) is 0 Å². The Morgan fingerprint density at radius 1 is 1.26 bits per heavy atom. The highest BCUT2D eigenvalue weighted by molar-refractivity contribution is 5.76. The minimum Gasteiger partial charge on any atom is -0.494 e. The second-order valence-electron chi connectivity index (χ2n) is 5.53. The molecule has 0 amide bonds. The zero-order chi connectivity index (χ0) is 14.4. The van der Waals surface area contributed by atoms with Crippen molar-refractivity contribution in [3.8, 4) is 11.8 Å². The third-order valence-electron chi connectivity index (χ3n) is 3.87. The number of hydrogen-bond acceptors (Lipinski definition) is 4. The van der Waals surface area contributed by atoms with Gasteiger partial charge in [0.15, 0.2) is 11.8 Å². The summed E-state index contributed by atoms with van der Waals surface area (Å²) >= 11 is 0. The Kier molecular flexibility index (Phi) is 3.22. The summed E-state index contributed by atoms with van der Waals surface area (Å²) in [5, 5.41) is 29.5. The van der Waals surface area contributed by atoms with Crippen molar-refractivity contribution in [3.05, 3.63) is 11.1 Å². The van der Waals surface area contributed by atoms with Gasteiger partial charge in [0.25, 0.3) is 0 Å². The molecule has 0 aromatic carbocycles. The Hall–Kier alpha value is -1.69. The molecule has 0 unspecified atom stereocenters. The largest absolute Gasteiger partial charge is 0.494 e. The molecule has 6 nitrogen and oxygen atoms in total. The number of unbranched alkanes of at least 4 members (excludes halogenated alkanes) is 1. The first-order valence-corrected chi connectivity index (χ1v) is 6.44. The molecule has 19 heavy (non-hydrogen) atoms. The fourth-order valence-corrected chi connectivity index (χ4v) is 2.73. The van der Waals surface area contributed by atoms with E-state index in [-0.39, 0.29) is 17.2 Å². The molecular weight excluding hydrogens is 248 g/mol.